The minimum atomic E-state index is -3.66. The lowest BCUT2D eigenvalue weighted by atomic mass is 9.98. The van der Waals surface area contributed by atoms with Crippen LogP contribution in [0.4, 0.5) is 0 Å². The maximum atomic E-state index is 13.1. The standard InChI is InChI=1S/C25H31Cl2N3O4S/c26-23-7-2-8-24(27)22(23)18-35(32,33)30-9-3-6-21(17-30)25(31)28-15-19-4-1-5-20(14-19)16-29-10-12-34-13-11-29/h1-2,4-5,7-8,14,21H,3,6,9-13,15-18H2,(H,28,31)/t21-/m0/s1. The summed E-state index contributed by atoms with van der Waals surface area (Å²) >= 11 is 12.4. The molecule has 2 saturated heterocycles. The number of hydrogen-bond acceptors (Lipinski definition) is 5. The molecule has 0 aliphatic carbocycles. The predicted octanol–water partition coefficient (Wildman–Crippen LogP) is 3.68. The molecule has 1 amide bonds. The van der Waals surface area contributed by atoms with Gasteiger partial charge in [-0.1, -0.05) is 53.5 Å². The van der Waals surface area contributed by atoms with Gasteiger partial charge >= 0.3 is 0 Å². The molecule has 0 unspecified atom stereocenters. The third kappa shape index (κ3) is 7.18. The van der Waals surface area contributed by atoms with Crippen molar-refractivity contribution in [3.05, 3.63) is 69.2 Å². The number of nitrogens with zero attached hydrogens (tertiary/aromatic N) is 2. The molecule has 1 N–H and O–H groups in total. The number of morpholine rings is 1. The van der Waals surface area contributed by atoms with Gasteiger partial charge in [-0.15, -0.1) is 0 Å². The van der Waals surface area contributed by atoms with E-state index in [0.717, 1.165) is 38.4 Å². The van der Waals surface area contributed by atoms with Gasteiger partial charge in [0.2, 0.25) is 15.9 Å². The number of sulfonamides is 1. The third-order valence-corrected chi connectivity index (χ3v) is 8.98. The van der Waals surface area contributed by atoms with E-state index < -0.39 is 15.9 Å². The van der Waals surface area contributed by atoms with Crippen LogP contribution in [0.5, 0.6) is 0 Å². The van der Waals surface area contributed by atoms with E-state index in [0.29, 0.717) is 41.5 Å². The number of piperidine rings is 1. The monoisotopic (exact) mass is 539 g/mol. The summed E-state index contributed by atoms with van der Waals surface area (Å²) in [7, 11) is -3.66. The first-order chi connectivity index (χ1) is 16.8. The Morgan fingerprint density at radius 3 is 2.46 bits per heavy atom. The van der Waals surface area contributed by atoms with E-state index in [2.05, 4.69) is 22.3 Å². The van der Waals surface area contributed by atoms with Crippen LogP contribution in [-0.4, -0.2) is 62.9 Å². The van der Waals surface area contributed by atoms with Crippen molar-refractivity contribution in [2.45, 2.75) is 31.7 Å². The zero-order chi connectivity index (χ0) is 24.8. The van der Waals surface area contributed by atoms with Crippen LogP contribution in [0.15, 0.2) is 42.5 Å². The highest BCUT2D eigenvalue weighted by molar-refractivity contribution is 7.88. The molecular weight excluding hydrogens is 509 g/mol. The molecule has 10 heteroatoms. The maximum Gasteiger partial charge on any atom is 0.224 e. The Kier molecular flexibility index (Phi) is 9.07. The Labute approximate surface area is 217 Å². The van der Waals surface area contributed by atoms with Crippen LogP contribution in [0.2, 0.25) is 10.0 Å². The molecule has 0 bridgehead atoms. The van der Waals surface area contributed by atoms with Crippen molar-refractivity contribution in [3.8, 4) is 0 Å². The normalized spacial score (nSPS) is 20.0. The molecule has 190 valence electrons. The summed E-state index contributed by atoms with van der Waals surface area (Å²) in [6.45, 7) is 5.18. The van der Waals surface area contributed by atoms with Crippen LogP contribution in [0, 0.1) is 5.92 Å². The van der Waals surface area contributed by atoms with Gasteiger partial charge in [-0.05, 0) is 36.1 Å². The lowest BCUT2D eigenvalue weighted by Gasteiger charge is -2.31. The molecule has 0 spiro atoms. The number of amides is 1. The fourth-order valence-corrected chi connectivity index (χ4v) is 6.90. The summed E-state index contributed by atoms with van der Waals surface area (Å²) in [4.78, 5) is 15.3. The van der Waals surface area contributed by atoms with Gasteiger partial charge in [0.15, 0.2) is 0 Å². The molecule has 35 heavy (non-hydrogen) atoms. The number of rotatable bonds is 8. The number of carbonyl (C=O) groups is 1. The van der Waals surface area contributed by atoms with E-state index in [1.165, 1.54) is 9.87 Å². The van der Waals surface area contributed by atoms with Gasteiger partial charge in [0.1, 0.15) is 0 Å². The summed E-state index contributed by atoms with van der Waals surface area (Å²) in [6.07, 6.45) is 1.28. The van der Waals surface area contributed by atoms with Crippen molar-refractivity contribution in [1.82, 2.24) is 14.5 Å². The quantitative estimate of drug-likeness (QED) is 0.553. The topological polar surface area (TPSA) is 79.0 Å². The van der Waals surface area contributed by atoms with Crippen LogP contribution in [0.25, 0.3) is 0 Å². The second-order valence-electron chi connectivity index (χ2n) is 9.08. The van der Waals surface area contributed by atoms with Gasteiger partial charge in [0.05, 0.1) is 24.9 Å². The zero-order valence-corrected chi connectivity index (χ0v) is 21.9. The van der Waals surface area contributed by atoms with Gasteiger partial charge in [0, 0.05) is 54.9 Å². The molecule has 2 aromatic rings. The molecule has 2 aromatic carbocycles. The number of nitrogens with one attached hydrogen (secondary N) is 1. The first-order valence-electron chi connectivity index (χ1n) is 11.9. The molecule has 0 aromatic heterocycles. The fourth-order valence-electron chi connectivity index (χ4n) is 4.54. The zero-order valence-electron chi connectivity index (χ0n) is 19.6. The predicted molar refractivity (Wildman–Crippen MR) is 138 cm³/mol. The van der Waals surface area contributed by atoms with Crippen LogP contribution in [0.3, 0.4) is 0 Å². The first kappa shape index (κ1) is 26.4. The molecule has 2 aliphatic rings. The summed E-state index contributed by atoms with van der Waals surface area (Å²) in [5, 5.41) is 3.65. The van der Waals surface area contributed by atoms with Gasteiger partial charge in [0.25, 0.3) is 0 Å². The second kappa shape index (κ2) is 12.0. The van der Waals surface area contributed by atoms with E-state index in [1.807, 2.05) is 12.1 Å². The summed E-state index contributed by atoms with van der Waals surface area (Å²) in [5.41, 5.74) is 2.61. The highest BCUT2D eigenvalue weighted by Crippen LogP contribution is 2.29. The Balaban J connectivity index is 1.32. The van der Waals surface area contributed by atoms with Gasteiger partial charge in [-0.3, -0.25) is 9.69 Å². The average Bonchev–Trinajstić information content (AvgIpc) is 2.86. The smallest absolute Gasteiger partial charge is 0.224 e. The van der Waals surface area contributed by atoms with Crippen molar-refractivity contribution in [1.29, 1.82) is 0 Å². The van der Waals surface area contributed by atoms with Gasteiger partial charge in [-0.25, -0.2) is 12.7 Å². The Bertz CT molecular complexity index is 1120. The van der Waals surface area contributed by atoms with Gasteiger partial charge < -0.3 is 10.1 Å². The number of halogens is 2. The molecule has 4 rings (SSSR count). The van der Waals surface area contributed by atoms with E-state index >= 15 is 0 Å². The summed E-state index contributed by atoms with van der Waals surface area (Å²) < 4.78 is 32.9. The molecular formula is C25H31Cl2N3O4S. The third-order valence-electron chi connectivity index (χ3n) is 6.50. The first-order valence-corrected chi connectivity index (χ1v) is 14.2. The van der Waals surface area contributed by atoms with Crippen LogP contribution in [0.1, 0.15) is 29.5 Å². The molecule has 0 radical (unpaired) electrons. The fraction of sp³-hybridized carbons (Fsp3) is 0.480. The summed E-state index contributed by atoms with van der Waals surface area (Å²) in [6, 6.07) is 13.1. The van der Waals surface area contributed by atoms with Crippen molar-refractivity contribution < 1.29 is 17.9 Å². The largest absolute Gasteiger partial charge is 0.379 e. The highest BCUT2D eigenvalue weighted by Gasteiger charge is 2.33. The lowest BCUT2D eigenvalue weighted by molar-refractivity contribution is -0.126. The van der Waals surface area contributed by atoms with E-state index in [4.69, 9.17) is 27.9 Å². The number of carbonyl (C=O) groups excluding carboxylic acids is 1. The molecule has 1 atom stereocenters. The van der Waals surface area contributed by atoms with E-state index in [9.17, 15) is 13.2 Å². The maximum absolute atomic E-state index is 13.1. The second-order valence-corrected chi connectivity index (χ2v) is 11.9. The van der Waals surface area contributed by atoms with E-state index in [-0.39, 0.29) is 18.2 Å². The van der Waals surface area contributed by atoms with Gasteiger partial charge in [-0.2, -0.15) is 0 Å². The van der Waals surface area contributed by atoms with E-state index in [1.54, 1.807) is 18.2 Å². The molecule has 7 nitrogen and oxygen atoms in total. The molecule has 2 heterocycles. The molecule has 2 aliphatic heterocycles. The Morgan fingerprint density at radius 2 is 1.71 bits per heavy atom. The minimum Gasteiger partial charge on any atom is -0.379 e. The van der Waals surface area contributed by atoms with Crippen LogP contribution >= 0.6 is 23.2 Å². The highest BCUT2D eigenvalue weighted by atomic mass is 35.5. The average molecular weight is 541 g/mol. The summed E-state index contributed by atoms with van der Waals surface area (Å²) in [5.74, 6) is -0.800. The number of ether oxygens (including phenoxy) is 1. The SMILES string of the molecule is O=C(NCc1cccc(CN2CCOCC2)c1)[C@H]1CCCN(S(=O)(=O)Cc2c(Cl)cccc2Cl)C1. The minimum absolute atomic E-state index is 0.126. The Morgan fingerprint density at radius 1 is 1.03 bits per heavy atom. The number of hydrogen-bond donors (Lipinski definition) is 1. The number of benzene rings is 2. The van der Waals surface area contributed by atoms with Crippen LogP contribution < -0.4 is 5.32 Å². The van der Waals surface area contributed by atoms with Crippen molar-refractivity contribution >= 4 is 39.1 Å². The van der Waals surface area contributed by atoms with Crippen molar-refractivity contribution in [2.24, 2.45) is 5.92 Å². The Hall–Kier alpha value is -1.68. The van der Waals surface area contributed by atoms with Crippen molar-refractivity contribution in [3.63, 3.8) is 0 Å². The van der Waals surface area contributed by atoms with Crippen molar-refractivity contribution in [2.75, 3.05) is 39.4 Å². The van der Waals surface area contributed by atoms with Crippen LogP contribution in [-0.2, 0) is 38.4 Å². The molecule has 0 saturated carbocycles. The lowest BCUT2D eigenvalue weighted by Crippen LogP contribution is -2.45. The molecule has 2 fully saturated rings.